The molecule has 2 heteroatoms. The molecule has 18 heavy (non-hydrogen) atoms. The summed E-state index contributed by atoms with van der Waals surface area (Å²) in [5.74, 6) is 1.66. The van der Waals surface area contributed by atoms with Crippen LogP contribution in [0.1, 0.15) is 51.3 Å². The van der Waals surface area contributed by atoms with Crippen molar-refractivity contribution in [2.75, 3.05) is 7.11 Å². The van der Waals surface area contributed by atoms with Crippen molar-refractivity contribution in [3.05, 3.63) is 29.3 Å². The van der Waals surface area contributed by atoms with Crippen molar-refractivity contribution >= 4 is 0 Å². The molecule has 0 heterocycles. The molecule has 0 amide bonds. The number of methoxy groups -OCH3 is 1. The third-order valence-corrected chi connectivity index (χ3v) is 3.87. The Hall–Kier alpha value is -1.02. The Labute approximate surface area is 112 Å². The van der Waals surface area contributed by atoms with Crippen LogP contribution in [-0.2, 0) is 0 Å². The lowest BCUT2D eigenvalue weighted by Gasteiger charge is -2.26. The van der Waals surface area contributed by atoms with E-state index in [0.29, 0.717) is 18.0 Å². The smallest absolute Gasteiger partial charge is 0.123 e. The Balaban J connectivity index is 2.80. The summed E-state index contributed by atoms with van der Waals surface area (Å²) < 4.78 is 5.48. The maximum absolute atomic E-state index is 5.48. The van der Waals surface area contributed by atoms with Crippen LogP contribution in [0, 0.1) is 12.8 Å². The molecule has 0 aliphatic carbocycles. The van der Waals surface area contributed by atoms with Crippen molar-refractivity contribution in [1.82, 2.24) is 5.32 Å². The van der Waals surface area contributed by atoms with E-state index in [1.54, 1.807) is 7.11 Å². The maximum atomic E-state index is 5.48. The zero-order valence-electron chi connectivity index (χ0n) is 12.6. The van der Waals surface area contributed by atoms with Gasteiger partial charge in [-0.3, -0.25) is 0 Å². The fraction of sp³-hybridized carbons (Fsp3) is 0.625. The molecule has 1 N–H and O–H groups in total. The lowest BCUT2D eigenvalue weighted by atomic mass is 9.98. The van der Waals surface area contributed by atoms with Crippen LogP contribution >= 0.6 is 0 Å². The first-order valence-electron chi connectivity index (χ1n) is 6.90. The summed E-state index contributed by atoms with van der Waals surface area (Å²) in [6.45, 7) is 11.1. The molecule has 0 radical (unpaired) electrons. The van der Waals surface area contributed by atoms with Crippen molar-refractivity contribution < 1.29 is 4.74 Å². The van der Waals surface area contributed by atoms with Crippen molar-refractivity contribution in [2.45, 2.75) is 53.1 Å². The van der Waals surface area contributed by atoms with E-state index in [0.717, 1.165) is 5.75 Å². The maximum Gasteiger partial charge on any atom is 0.123 e. The molecule has 0 aliphatic heterocycles. The lowest BCUT2D eigenvalue weighted by molar-refractivity contribution is 0.350. The molecule has 3 unspecified atom stereocenters. The van der Waals surface area contributed by atoms with E-state index >= 15 is 0 Å². The fourth-order valence-corrected chi connectivity index (χ4v) is 2.18. The standard InChI is InChI=1S/C16H27NO/c1-7-12(3)13(4)17-14(5)15-9-8-11(2)10-16(15)18-6/h8-10,12-14,17H,7H2,1-6H3. The molecule has 1 aromatic rings. The van der Waals surface area contributed by atoms with Gasteiger partial charge in [-0.1, -0.05) is 32.4 Å². The number of ether oxygens (including phenoxy) is 1. The van der Waals surface area contributed by atoms with Gasteiger partial charge in [0, 0.05) is 17.6 Å². The Morgan fingerprint density at radius 2 is 1.89 bits per heavy atom. The fourth-order valence-electron chi connectivity index (χ4n) is 2.18. The molecule has 1 rings (SSSR count). The normalized spacial score (nSPS) is 16.1. The van der Waals surface area contributed by atoms with Crippen molar-refractivity contribution in [2.24, 2.45) is 5.92 Å². The van der Waals surface area contributed by atoms with Crippen molar-refractivity contribution in [3.8, 4) is 5.75 Å². The predicted octanol–water partition coefficient (Wildman–Crippen LogP) is 4.09. The number of hydrogen-bond acceptors (Lipinski definition) is 2. The summed E-state index contributed by atoms with van der Waals surface area (Å²) in [6, 6.07) is 7.22. The average Bonchev–Trinajstić information content (AvgIpc) is 2.37. The molecule has 1 aromatic carbocycles. The summed E-state index contributed by atoms with van der Waals surface area (Å²) in [5, 5.41) is 3.66. The molecule has 0 fully saturated rings. The second-order valence-corrected chi connectivity index (χ2v) is 5.31. The van der Waals surface area contributed by atoms with E-state index in [-0.39, 0.29) is 0 Å². The summed E-state index contributed by atoms with van der Waals surface area (Å²) >= 11 is 0. The Morgan fingerprint density at radius 1 is 1.22 bits per heavy atom. The van der Waals surface area contributed by atoms with Crippen LogP contribution in [0.15, 0.2) is 18.2 Å². The van der Waals surface area contributed by atoms with Crippen LogP contribution in [-0.4, -0.2) is 13.2 Å². The highest BCUT2D eigenvalue weighted by Crippen LogP contribution is 2.27. The first-order chi connectivity index (χ1) is 8.49. The van der Waals surface area contributed by atoms with Gasteiger partial charge in [-0.05, 0) is 38.3 Å². The number of benzene rings is 1. The summed E-state index contributed by atoms with van der Waals surface area (Å²) in [4.78, 5) is 0. The second kappa shape index (κ2) is 6.79. The summed E-state index contributed by atoms with van der Waals surface area (Å²) in [6.07, 6.45) is 1.20. The van der Waals surface area contributed by atoms with E-state index in [1.165, 1.54) is 17.5 Å². The van der Waals surface area contributed by atoms with Gasteiger partial charge in [0.15, 0.2) is 0 Å². The van der Waals surface area contributed by atoms with Crippen molar-refractivity contribution in [3.63, 3.8) is 0 Å². The van der Waals surface area contributed by atoms with Gasteiger partial charge in [0.2, 0.25) is 0 Å². The van der Waals surface area contributed by atoms with Crippen LogP contribution in [0.5, 0.6) is 5.75 Å². The predicted molar refractivity (Wildman–Crippen MR) is 78.2 cm³/mol. The van der Waals surface area contributed by atoms with Crippen LogP contribution in [0.3, 0.4) is 0 Å². The van der Waals surface area contributed by atoms with Gasteiger partial charge in [0.1, 0.15) is 5.75 Å². The lowest BCUT2D eigenvalue weighted by Crippen LogP contribution is -2.34. The van der Waals surface area contributed by atoms with Crippen molar-refractivity contribution in [1.29, 1.82) is 0 Å². The van der Waals surface area contributed by atoms with Gasteiger partial charge in [0.05, 0.1) is 7.11 Å². The third-order valence-electron chi connectivity index (χ3n) is 3.87. The number of nitrogens with one attached hydrogen (secondary N) is 1. The number of aryl methyl sites for hydroxylation is 1. The van der Waals surface area contributed by atoms with Gasteiger partial charge in [-0.25, -0.2) is 0 Å². The zero-order valence-corrected chi connectivity index (χ0v) is 12.6. The van der Waals surface area contributed by atoms with Crippen LogP contribution in [0.25, 0.3) is 0 Å². The summed E-state index contributed by atoms with van der Waals surface area (Å²) in [7, 11) is 1.74. The quantitative estimate of drug-likeness (QED) is 0.820. The van der Waals surface area contributed by atoms with E-state index in [1.807, 2.05) is 0 Å². The zero-order chi connectivity index (χ0) is 13.7. The van der Waals surface area contributed by atoms with Crippen LogP contribution in [0.2, 0.25) is 0 Å². The molecule has 0 aromatic heterocycles. The molecule has 2 nitrogen and oxygen atoms in total. The Morgan fingerprint density at radius 3 is 2.44 bits per heavy atom. The molecule has 102 valence electrons. The van der Waals surface area contributed by atoms with E-state index in [2.05, 4.69) is 58.1 Å². The van der Waals surface area contributed by atoms with Gasteiger partial charge >= 0.3 is 0 Å². The summed E-state index contributed by atoms with van der Waals surface area (Å²) in [5.41, 5.74) is 2.47. The monoisotopic (exact) mass is 249 g/mol. The highest BCUT2D eigenvalue weighted by molar-refractivity contribution is 5.39. The molecule has 3 atom stereocenters. The average molecular weight is 249 g/mol. The molecule has 0 saturated carbocycles. The highest BCUT2D eigenvalue weighted by Gasteiger charge is 2.16. The molecule has 0 bridgehead atoms. The van der Waals surface area contributed by atoms with Gasteiger partial charge in [0.25, 0.3) is 0 Å². The minimum Gasteiger partial charge on any atom is -0.496 e. The molecule has 0 saturated heterocycles. The second-order valence-electron chi connectivity index (χ2n) is 5.31. The Kier molecular flexibility index (Phi) is 5.67. The van der Waals surface area contributed by atoms with E-state index < -0.39 is 0 Å². The van der Waals surface area contributed by atoms with Gasteiger partial charge < -0.3 is 10.1 Å². The first-order valence-corrected chi connectivity index (χ1v) is 6.90. The Bertz CT molecular complexity index is 375. The molecular weight excluding hydrogens is 222 g/mol. The third kappa shape index (κ3) is 3.74. The minimum absolute atomic E-state index is 0.310. The van der Waals surface area contributed by atoms with Crippen LogP contribution < -0.4 is 10.1 Å². The first kappa shape index (κ1) is 15.0. The highest BCUT2D eigenvalue weighted by atomic mass is 16.5. The molecule has 0 aliphatic rings. The number of hydrogen-bond donors (Lipinski definition) is 1. The van der Waals surface area contributed by atoms with E-state index in [9.17, 15) is 0 Å². The largest absolute Gasteiger partial charge is 0.496 e. The topological polar surface area (TPSA) is 21.3 Å². The SMILES string of the molecule is CCC(C)C(C)NC(C)c1ccc(C)cc1OC. The van der Waals surface area contributed by atoms with Crippen LogP contribution in [0.4, 0.5) is 0 Å². The van der Waals surface area contributed by atoms with E-state index in [4.69, 9.17) is 4.74 Å². The van der Waals surface area contributed by atoms with Gasteiger partial charge in [-0.15, -0.1) is 0 Å². The molecular formula is C16H27NO. The van der Waals surface area contributed by atoms with Gasteiger partial charge in [-0.2, -0.15) is 0 Å². The number of rotatable bonds is 6. The minimum atomic E-state index is 0.310. The molecule has 0 spiro atoms.